The number of carbonyl (C=O) groups excluding carboxylic acids is 3. The van der Waals surface area contributed by atoms with Gasteiger partial charge >= 0.3 is 0 Å². The van der Waals surface area contributed by atoms with Crippen molar-refractivity contribution in [2.24, 2.45) is 11.7 Å². The van der Waals surface area contributed by atoms with Crippen molar-refractivity contribution in [1.82, 2.24) is 15.1 Å². The van der Waals surface area contributed by atoms with Crippen molar-refractivity contribution >= 4 is 17.7 Å². The molecule has 3 N–H and O–H groups in total. The second-order valence-electron chi connectivity index (χ2n) is 9.00. The van der Waals surface area contributed by atoms with Crippen LogP contribution in [0.15, 0.2) is 18.2 Å². The molecule has 3 amide bonds. The number of nitrogens with two attached hydrogens (primary N) is 1. The van der Waals surface area contributed by atoms with Crippen LogP contribution in [0.3, 0.4) is 0 Å². The minimum atomic E-state index is -0.561. The van der Waals surface area contributed by atoms with Gasteiger partial charge in [0.05, 0.1) is 0 Å². The summed E-state index contributed by atoms with van der Waals surface area (Å²) in [5.41, 5.74) is 9.13. The fraction of sp³-hybridized carbons (Fsp3) is 0.591. The summed E-state index contributed by atoms with van der Waals surface area (Å²) in [6.45, 7) is 3.01. The van der Waals surface area contributed by atoms with E-state index in [1.165, 1.54) is 25.7 Å². The van der Waals surface area contributed by atoms with Crippen molar-refractivity contribution in [2.45, 2.75) is 63.2 Å². The number of hydrogen-bond acceptors (Lipinski definition) is 5. The van der Waals surface area contributed by atoms with E-state index in [0.717, 1.165) is 24.2 Å². The lowest BCUT2D eigenvalue weighted by Gasteiger charge is -2.38. The monoisotopic (exact) mass is 396 g/mol. The highest BCUT2D eigenvalue weighted by Crippen LogP contribution is 2.47. The molecule has 154 valence electrons. The molecule has 29 heavy (non-hydrogen) atoms. The molecule has 5 rings (SSSR count). The maximum atomic E-state index is 13.0. The number of piperidine rings is 1. The van der Waals surface area contributed by atoms with Crippen molar-refractivity contribution < 1.29 is 14.4 Å². The van der Waals surface area contributed by atoms with Crippen LogP contribution < -0.4 is 11.1 Å². The third-order valence-electron chi connectivity index (χ3n) is 7.62. The Morgan fingerprint density at radius 3 is 2.83 bits per heavy atom. The lowest BCUT2D eigenvalue weighted by molar-refractivity contribution is -0.136. The summed E-state index contributed by atoms with van der Waals surface area (Å²) in [6, 6.07) is 5.56. The lowest BCUT2D eigenvalue weighted by Crippen LogP contribution is -2.52. The maximum Gasteiger partial charge on any atom is 0.255 e. The number of nitrogens with zero attached hydrogens (tertiary/aromatic N) is 2. The Labute approximate surface area is 170 Å². The average molecular weight is 396 g/mol. The summed E-state index contributed by atoms with van der Waals surface area (Å²) < 4.78 is 0. The van der Waals surface area contributed by atoms with Gasteiger partial charge in [-0.05, 0) is 55.3 Å². The van der Waals surface area contributed by atoms with Gasteiger partial charge < -0.3 is 10.6 Å². The summed E-state index contributed by atoms with van der Waals surface area (Å²) in [6.07, 6.45) is 5.58. The van der Waals surface area contributed by atoms with Crippen LogP contribution in [0.5, 0.6) is 0 Å². The van der Waals surface area contributed by atoms with Crippen LogP contribution in [0.4, 0.5) is 0 Å². The van der Waals surface area contributed by atoms with E-state index in [2.05, 4.69) is 16.3 Å². The molecule has 2 saturated heterocycles. The Morgan fingerprint density at radius 1 is 1.17 bits per heavy atom. The number of hydrogen-bond donors (Lipinski definition) is 2. The first kappa shape index (κ1) is 18.8. The minimum absolute atomic E-state index is 0.106. The van der Waals surface area contributed by atoms with Gasteiger partial charge in [0.2, 0.25) is 11.8 Å². The van der Waals surface area contributed by atoms with Crippen LogP contribution in [-0.2, 0) is 22.7 Å². The van der Waals surface area contributed by atoms with Gasteiger partial charge in [0.1, 0.15) is 6.04 Å². The van der Waals surface area contributed by atoms with E-state index in [4.69, 9.17) is 5.73 Å². The van der Waals surface area contributed by atoms with Gasteiger partial charge in [-0.15, -0.1) is 0 Å². The summed E-state index contributed by atoms with van der Waals surface area (Å²) in [7, 11) is 0. The highest BCUT2D eigenvalue weighted by Gasteiger charge is 2.50. The fourth-order valence-electron chi connectivity index (χ4n) is 6.05. The average Bonchev–Trinajstić information content (AvgIpc) is 3.36. The molecular formula is C22H28N4O3. The predicted molar refractivity (Wildman–Crippen MR) is 107 cm³/mol. The number of imide groups is 1. The lowest BCUT2D eigenvalue weighted by atomic mass is 9.88. The topological polar surface area (TPSA) is 95.7 Å². The molecule has 3 heterocycles. The molecule has 1 aromatic carbocycles. The Morgan fingerprint density at radius 2 is 2.03 bits per heavy atom. The molecule has 3 atom stereocenters. The van der Waals surface area contributed by atoms with Gasteiger partial charge in [-0.25, -0.2) is 0 Å². The zero-order valence-corrected chi connectivity index (χ0v) is 16.7. The van der Waals surface area contributed by atoms with Gasteiger partial charge in [0.15, 0.2) is 0 Å². The largest absolute Gasteiger partial charge is 0.329 e. The predicted octanol–water partition coefficient (Wildman–Crippen LogP) is 1.15. The molecule has 1 aromatic rings. The van der Waals surface area contributed by atoms with Crippen LogP contribution in [0.2, 0.25) is 0 Å². The van der Waals surface area contributed by atoms with Crippen molar-refractivity contribution in [3.8, 4) is 0 Å². The van der Waals surface area contributed by atoms with E-state index < -0.39 is 6.04 Å². The number of nitrogens with one attached hydrogen (secondary N) is 1. The Balaban J connectivity index is 1.34. The van der Waals surface area contributed by atoms with Crippen molar-refractivity contribution in [2.75, 3.05) is 13.1 Å². The molecule has 3 fully saturated rings. The molecule has 3 unspecified atom stereocenters. The van der Waals surface area contributed by atoms with Crippen LogP contribution in [0, 0.1) is 5.92 Å². The van der Waals surface area contributed by atoms with E-state index >= 15 is 0 Å². The molecule has 1 aliphatic carbocycles. The van der Waals surface area contributed by atoms with E-state index in [-0.39, 0.29) is 29.7 Å². The number of carbonyl (C=O) groups is 3. The van der Waals surface area contributed by atoms with E-state index in [9.17, 15) is 14.4 Å². The number of rotatable bonds is 4. The number of benzene rings is 1. The molecule has 7 nitrogen and oxygen atoms in total. The second kappa shape index (κ2) is 6.92. The van der Waals surface area contributed by atoms with Crippen molar-refractivity contribution in [3.05, 3.63) is 34.9 Å². The molecule has 0 radical (unpaired) electrons. The van der Waals surface area contributed by atoms with Crippen LogP contribution in [0.1, 0.15) is 60.0 Å². The minimum Gasteiger partial charge on any atom is -0.329 e. The van der Waals surface area contributed by atoms with Crippen molar-refractivity contribution in [3.63, 3.8) is 0 Å². The Hall–Kier alpha value is -2.25. The first-order chi connectivity index (χ1) is 14.0. The zero-order valence-electron chi connectivity index (χ0n) is 16.7. The second-order valence-corrected chi connectivity index (χ2v) is 9.00. The quantitative estimate of drug-likeness (QED) is 0.745. The Bertz CT molecular complexity index is 885. The molecule has 4 aliphatic rings. The van der Waals surface area contributed by atoms with E-state index in [1.807, 2.05) is 12.1 Å². The van der Waals surface area contributed by atoms with Crippen LogP contribution >= 0.6 is 0 Å². The van der Waals surface area contributed by atoms with E-state index in [0.29, 0.717) is 31.0 Å². The summed E-state index contributed by atoms with van der Waals surface area (Å²) in [4.78, 5) is 40.8. The molecule has 3 aliphatic heterocycles. The highest BCUT2D eigenvalue weighted by atomic mass is 16.2. The summed E-state index contributed by atoms with van der Waals surface area (Å²) in [5.74, 6) is -0.0316. The smallest absolute Gasteiger partial charge is 0.255 e. The first-order valence-corrected chi connectivity index (χ1v) is 10.7. The maximum absolute atomic E-state index is 13.0. The van der Waals surface area contributed by atoms with E-state index in [1.54, 1.807) is 4.90 Å². The third kappa shape index (κ3) is 2.90. The van der Waals surface area contributed by atoms with Gasteiger partial charge in [0.25, 0.3) is 5.91 Å². The third-order valence-corrected chi connectivity index (χ3v) is 7.62. The van der Waals surface area contributed by atoms with Gasteiger partial charge in [0, 0.05) is 37.2 Å². The Kier molecular flexibility index (Phi) is 4.47. The molecular weight excluding hydrogens is 368 g/mol. The molecule has 1 saturated carbocycles. The molecule has 0 bridgehead atoms. The van der Waals surface area contributed by atoms with Gasteiger partial charge in [-0.3, -0.25) is 24.6 Å². The zero-order chi connectivity index (χ0) is 20.2. The summed E-state index contributed by atoms with van der Waals surface area (Å²) >= 11 is 0. The van der Waals surface area contributed by atoms with Crippen LogP contribution in [-0.4, -0.2) is 52.2 Å². The standard InChI is InChI=1S/C22H28N4O3/c23-13-22-8-1-2-16(22)7-9-25(22)11-14-3-4-15-12-26(21(29)17(15)10-14)18-5-6-19(27)24-20(18)28/h3-4,10,16,18H,1-2,5-9,11-13,23H2,(H,24,27,28). The molecule has 7 heteroatoms. The first-order valence-electron chi connectivity index (χ1n) is 10.7. The summed E-state index contributed by atoms with van der Waals surface area (Å²) in [5, 5.41) is 2.35. The highest BCUT2D eigenvalue weighted by molar-refractivity contribution is 6.05. The molecule has 0 aromatic heterocycles. The van der Waals surface area contributed by atoms with Gasteiger partial charge in [-0.1, -0.05) is 18.6 Å². The van der Waals surface area contributed by atoms with Crippen LogP contribution in [0.25, 0.3) is 0 Å². The molecule has 0 spiro atoms. The number of likely N-dealkylation sites (tertiary alicyclic amines) is 1. The van der Waals surface area contributed by atoms with Crippen molar-refractivity contribution in [1.29, 1.82) is 0 Å². The SMILES string of the molecule is NCC12CCCC1CCN2Cc1ccc2c(c1)C(=O)N(C1CCC(=O)NC1=O)C2. The van der Waals surface area contributed by atoms with Gasteiger partial charge in [-0.2, -0.15) is 0 Å². The fourth-order valence-corrected chi connectivity index (χ4v) is 6.05. The normalized spacial score (nSPS) is 31.9. The number of amides is 3. The number of fused-ring (bicyclic) bond motifs is 2.